The van der Waals surface area contributed by atoms with Crippen LogP contribution < -0.4 is 5.73 Å². The minimum Gasteiger partial charge on any atom is -0.369 e. The van der Waals surface area contributed by atoms with E-state index in [1.165, 1.54) is 37.6 Å². The van der Waals surface area contributed by atoms with Crippen molar-refractivity contribution in [3.8, 4) is 17.2 Å². The molecule has 1 aromatic carbocycles. The smallest absolute Gasteiger partial charge is 0.369 e. The van der Waals surface area contributed by atoms with Crippen LogP contribution in [0.2, 0.25) is 0 Å². The lowest BCUT2D eigenvalue weighted by Crippen LogP contribution is -2.41. The van der Waals surface area contributed by atoms with Gasteiger partial charge in [0.25, 0.3) is 5.91 Å². The Kier molecular flexibility index (Phi) is 5.08. The highest BCUT2D eigenvalue weighted by molar-refractivity contribution is 6.09. The number of carbonyl (C=O) groups is 1. The molecule has 0 aliphatic carbocycles. The van der Waals surface area contributed by atoms with Gasteiger partial charge in [-0.05, 0) is 29.8 Å². The van der Waals surface area contributed by atoms with Crippen LogP contribution in [-0.2, 0) is 16.5 Å². The third-order valence-corrected chi connectivity index (χ3v) is 5.29. The Balaban J connectivity index is 1.98. The normalized spacial score (nSPS) is 18.2. The summed E-state index contributed by atoms with van der Waals surface area (Å²) in [7, 11) is 1.33. The lowest BCUT2D eigenvalue weighted by molar-refractivity contribution is -0.138. The molecule has 2 N–H and O–H groups in total. The van der Waals surface area contributed by atoms with Gasteiger partial charge in [-0.3, -0.25) is 19.7 Å². The van der Waals surface area contributed by atoms with Gasteiger partial charge in [-0.25, -0.2) is 9.38 Å². The van der Waals surface area contributed by atoms with Crippen molar-refractivity contribution in [1.82, 2.24) is 14.9 Å². The number of guanidine groups is 1. The topological polar surface area (TPSA) is 108 Å². The van der Waals surface area contributed by atoms with Crippen LogP contribution in [-0.4, -0.2) is 33.8 Å². The Labute approximate surface area is 184 Å². The van der Waals surface area contributed by atoms with Gasteiger partial charge in [0, 0.05) is 48.5 Å². The van der Waals surface area contributed by atoms with Crippen LogP contribution in [0.25, 0.3) is 11.1 Å². The monoisotopic (exact) mass is 454 g/mol. The van der Waals surface area contributed by atoms with Gasteiger partial charge in [0.1, 0.15) is 11.9 Å². The van der Waals surface area contributed by atoms with E-state index in [1.54, 1.807) is 0 Å². The molecule has 0 spiro atoms. The number of alkyl halides is 3. The Morgan fingerprint density at radius 2 is 1.79 bits per heavy atom. The molecule has 11 heteroatoms. The first-order chi connectivity index (χ1) is 15.6. The van der Waals surface area contributed by atoms with E-state index in [2.05, 4.69) is 15.0 Å². The van der Waals surface area contributed by atoms with Gasteiger partial charge in [-0.2, -0.15) is 18.4 Å². The number of nitrogens with two attached hydrogens (primary N) is 1. The first-order valence-electron chi connectivity index (χ1n) is 9.39. The van der Waals surface area contributed by atoms with Crippen molar-refractivity contribution in [3.63, 3.8) is 0 Å². The molecule has 2 aromatic heterocycles. The van der Waals surface area contributed by atoms with Crippen LogP contribution in [0.5, 0.6) is 0 Å². The molecule has 0 saturated carbocycles. The zero-order valence-electron chi connectivity index (χ0n) is 16.9. The van der Waals surface area contributed by atoms with Gasteiger partial charge < -0.3 is 5.73 Å². The number of aliphatic imine (C=N–C) groups is 1. The van der Waals surface area contributed by atoms with Crippen LogP contribution in [0, 0.1) is 17.1 Å². The molecule has 1 unspecified atom stereocenters. The first kappa shape index (κ1) is 21.9. The van der Waals surface area contributed by atoms with Crippen molar-refractivity contribution >= 4 is 11.9 Å². The molecule has 1 amide bonds. The molecule has 1 atom stereocenters. The molecule has 1 aliphatic heterocycles. The molecule has 166 valence electrons. The number of benzene rings is 1. The lowest BCUT2D eigenvalue weighted by atomic mass is 9.82. The fourth-order valence-corrected chi connectivity index (χ4v) is 3.60. The van der Waals surface area contributed by atoms with Crippen LogP contribution in [0.4, 0.5) is 17.6 Å². The Hall–Kier alpha value is -4.33. The summed E-state index contributed by atoms with van der Waals surface area (Å²) in [5, 5.41) is 9.12. The summed E-state index contributed by atoms with van der Waals surface area (Å²) in [6.07, 6.45) is -0.389. The van der Waals surface area contributed by atoms with E-state index in [0.29, 0.717) is 6.20 Å². The molecule has 1 aliphatic rings. The summed E-state index contributed by atoms with van der Waals surface area (Å²) in [6, 6.07) is 7.65. The number of hydrogen-bond acceptors (Lipinski definition) is 6. The van der Waals surface area contributed by atoms with Gasteiger partial charge >= 0.3 is 6.18 Å². The van der Waals surface area contributed by atoms with E-state index in [0.717, 1.165) is 23.2 Å². The summed E-state index contributed by atoms with van der Waals surface area (Å²) in [5.74, 6) is -1.65. The van der Waals surface area contributed by atoms with E-state index in [1.807, 2.05) is 6.07 Å². The van der Waals surface area contributed by atoms with E-state index in [-0.39, 0.29) is 33.8 Å². The minimum absolute atomic E-state index is 0.0208. The van der Waals surface area contributed by atoms with E-state index >= 15 is 0 Å². The maximum atomic E-state index is 14.7. The minimum atomic E-state index is -4.72. The number of likely N-dealkylation sites (N-methyl/N-ethyl adjacent to an activating group) is 1. The van der Waals surface area contributed by atoms with Crippen LogP contribution in [0.15, 0.2) is 60.1 Å². The highest BCUT2D eigenvalue weighted by Gasteiger charge is 2.50. The fourth-order valence-electron chi connectivity index (χ4n) is 3.60. The highest BCUT2D eigenvalue weighted by atomic mass is 19.4. The van der Waals surface area contributed by atoms with E-state index in [9.17, 15) is 22.4 Å². The first-order valence-corrected chi connectivity index (χ1v) is 9.39. The largest absolute Gasteiger partial charge is 0.417 e. The standard InChI is InChI=1S/C22H14F4N6O/c1-32-19(33)21(31-20(32)28,15-5-16(11-30-10-15)22(24,25)26)14-2-3-18(23)17(6-14)13-4-12(7-27)8-29-9-13/h2-6,8-11H,1H3,(H2,28,31). The second-order valence-corrected chi connectivity index (χ2v) is 7.27. The summed E-state index contributed by atoms with van der Waals surface area (Å²) in [4.78, 5) is 26.1. The Morgan fingerprint density at radius 1 is 1.06 bits per heavy atom. The van der Waals surface area contributed by atoms with Gasteiger partial charge in [-0.15, -0.1) is 0 Å². The highest BCUT2D eigenvalue weighted by Crippen LogP contribution is 2.42. The van der Waals surface area contributed by atoms with Crippen molar-refractivity contribution in [2.24, 2.45) is 10.7 Å². The molecule has 0 radical (unpaired) electrons. The maximum Gasteiger partial charge on any atom is 0.417 e. The molecule has 7 nitrogen and oxygen atoms in total. The van der Waals surface area contributed by atoms with E-state index < -0.39 is 29.0 Å². The van der Waals surface area contributed by atoms with Crippen molar-refractivity contribution < 1.29 is 22.4 Å². The summed E-state index contributed by atoms with van der Waals surface area (Å²) >= 11 is 0. The number of nitriles is 1. The Bertz CT molecular complexity index is 1350. The molecule has 3 heterocycles. The zero-order valence-corrected chi connectivity index (χ0v) is 16.9. The number of aromatic nitrogens is 2. The third-order valence-electron chi connectivity index (χ3n) is 5.29. The summed E-state index contributed by atoms with van der Waals surface area (Å²) in [6.45, 7) is 0. The number of halogens is 4. The molecule has 3 aromatic rings. The summed E-state index contributed by atoms with van der Waals surface area (Å²) < 4.78 is 54.8. The number of carbonyl (C=O) groups excluding carboxylic acids is 1. The van der Waals surface area contributed by atoms with Crippen LogP contribution in [0.3, 0.4) is 0 Å². The molecule has 4 rings (SSSR count). The van der Waals surface area contributed by atoms with Crippen molar-refractivity contribution in [3.05, 3.63) is 83.2 Å². The number of nitrogens with zero attached hydrogens (tertiary/aromatic N) is 5. The number of pyridine rings is 2. The second-order valence-electron chi connectivity index (χ2n) is 7.27. The molecule has 0 fully saturated rings. The average molecular weight is 454 g/mol. The quantitative estimate of drug-likeness (QED) is 0.612. The van der Waals surface area contributed by atoms with Gasteiger partial charge in [0.2, 0.25) is 0 Å². The summed E-state index contributed by atoms with van der Waals surface area (Å²) in [5.41, 5.74) is 3.03. The van der Waals surface area contributed by atoms with E-state index in [4.69, 9.17) is 11.0 Å². The maximum absolute atomic E-state index is 14.7. The zero-order chi connectivity index (χ0) is 24.0. The van der Waals surface area contributed by atoms with Crippen LogP contribution >= 0.6 is 0 Å². The molecule has 0 bridgehead atoms. The molecular formula is C22H14F4N6O. The van der Waals surface area contributed by atoms with Crippen molar-refractivity contribution in [1.29, 1.82) is 5.26 Å². The number of amides is 1. The molecule has 33 heavy (non-hydrogen) atoms. The van der Waals surface area contributed by atoms with Crippen molar-refractivity contribution in [2.45, 2.75) is 11.7 Å². The fraction of sp³-hybridized carbons (Fsp3) is 0.136. The molecule has 0 saturated heterocycles. The molecular weight excluding hydrogens is 440 g/mol. The van der Waals surface area contributed by atoms with Gasteiger partial charge in [0.15, 0.2) is 11.5 Å². The lowest BCUT2D eigenvalue weighted by Gasteiger charge is -2.27. The average Bonchev–Trinajstić information content (AvgIpc) is 3.03. The van der Waals surface area contributed by atoms with Gasteiger partial charge in [-0.1, -0.05) is 6.07 Å². The van der Waals surface area contributed by atoms with Crippen LogP contribution in [0.1, 0.15) is 22.3 Å². The van der Waals surface area contributed by atoms with Crippen molar-refractivity contribution in [2.75, 3.05) is 7.05 Å². The predicted molar refractivity (Wildman–Crippen MR) is 109 cm³/mol. The predicted octanol–water partition coefficient (Wildman–Crippen LogP) is 3.20. The number of rotatable bonds is 3. The SMILES string of the molecule is CN1C(=O)C(c2cncc(C(F)(F)F)c2)(c2ccc(F)c(-c3cncc(C#N)c3)c2)N=C1N. The Morgan fingerprint density at radius 3 is 2.42 bits per heavy atom. The third kappa shape index (κ3) is 3.55. The second kappa shape index (κ2) is 7.67. The van der Waals surface area contributed by atoms with Gasteiger partial charge in [0.05, 0.1) is 11.1 Å². The number of hydrogen-bond donors (Lipinski definition) is 1.